The second-order valence-corrected chi connectivity index (χ2v) is 4.91. The first-order valence-electron chi connectivity index (χ1n) is 5.85. The Labute approximate surface area is 102 Å². The van der Waals surface area contributed by atoms with Gasteiger partial charge in [0.15, 0.2) is 0 Å². The summed E-state index contributed by atoms with van der Waals surface area (Å²) in [5, 5.41) is 3.32. The van der Waals surface area contributed by atoms with E-state index in [1.54, 1.807) is 6.07 Å². The van der Waals surface area contributed by atoms with Crippen molar-refractivity contribution in [1.29, 1.82) is 0 Å². The van der Waals surface area contributed by atoms with E-state index in [0.717, 1.165) is 18.7 Å². The highest BCUT2D eigenvalue weighted by Gasteiger charge is 2.15. The summed E-state index contributed by atoms with van der Waals surface area (Å²) in [6.07, 6.45) is 2.54. The molecule has 1 N–H and O–H groups in total. The maximum atomic E-state index is 11.2. The molecule has 1 aromatic rings. The molecule has 96 valence electrons. The summed E-state index contributed by atoms with van der Waals surface area (Å²) in [5.41, 5.74) is 0.733. The van der Waals surface area contributed by atoms with Crippen molar-refractivity contribution in [3.05, 3.63) is 23.7 Å². The second-order valence-electron chi connectivity index (χ2n) is 4.91. The van der Waals surface area contributed by atoms with Crippen LogP contribution in [0.3, 0.4) is 0 Å². The van der Waals surface area contributed by atoms with Gasteiger partial charge in [0.25, 0.3) is 0 Å². The fourth-order valence-corrected chi connectivity index (χ4v) is 1.35. The first-order chi connectivity index (χ1) is 7.98. The van der Waals surface area contributed by atoms with E-state index in [1.165, 1.54) is 13.4 Å². The smallest absolute Gasteiger partial charge is 0.341 e. The summed E-state index contributed by atoms with van der Waals surface area (Å²) in [6, 6.07) is 1.71. The molecule has 0 fully saturated rings. The fourth-order valence-electron chi connectivity index (χ4n) is 1.35. The Hall–Kier alpha value is -1.29. The van der Waals surface area contributed by atoms with Gasteiger partial charge < -0.3 is 14.5 Å². The zero-order valence-corrected chi connectivity index (χ0v) is 11.0. The molecule has 1 rings (SSSR count). The summed E-state index contributed by atoms with van der Waals surface area (Å²) < 4.78 is 9.88. The zero-order valence-electron chi connectivity index (χ0n) is 11.0. The van der Waals surface area contributed by atoms with Crippen LogP contribution in [0.15, 0.2) is 16.7 Å². The topological polar surface area (TPSA) is 51.5 Å². The van der Waals surface area contributed by atoms with Crippen LogP contribution < -0.4 is 5.32 Å². The molecule has 1 aromatic heterocycles. The summed E-state index contributed by atoms with van der Waals surface area (Å²) in [7, 11) is 1.36. The van der Waals surface area contributed by atoms with Gasteiger partial charge in [0, 0.05) is 6.54 Å². The second kappa shape index (κ2) is 5.87. The molecule has 0 aliphatic heterocycles. The monoisotopic (exact) mass is 239 g/mol. The van der Waals surface area contributed by atoms with E-state index >= 15 is 0 Å². The Balaban J connectivity index is 2.43. The molecule has 0 aliphatic rings. The lowest BCUT2D eigenvalue weighted by Crippen LogP contribution is -2.28. The lowest BCUT2D eigenvalue weighted by molar-refractivity contribution is 0.0600. The highest BCUT2D eigenvalue weighted by atomic mass is 16.5. The molecule has 4 heteroatoms. The van der Waals surface area contributed by atoms with Gasteiger partial charge in [-0.15, -0.1) is 0 Å². The van der Waals surface area contributed by atoms with Gasteiger partial charge in [-0.05, 0) is 17.9 Å². The van der Waals surface area contributed by atoms with Crippen molar-refractivity contribution in [1.82, 2.24) is 5.32 Å². The standard InChI is InChI=1S/C13H21NO3/c1-5-13(2,3)9-14-7-11-6-10(8-17-11)12(15)16-4/h6,8,14H,5,7,9H2,1-4H3. The molecule has 0 spiro atoms. The van der Waals surface area contributed by atoms with Gasteiger partial charge >= 0.3 is 5.97 Å². The Morgan fingerprint density at radius 3 is 2.82 bits per heavy atom. The Morgan fingerprint density at radius 2 is 2.24 bits per heavy atom. The third-order valence-electron chi connectivity index (χ3n) is 2.93. The fraction of sp³-hybridized carbons (Fsp3) is 0.615. The molecule has 0 radical (unpaired) electrons. The van der Waals surface area contributed by atoms with E-state index in [2.05, 4.69) is 30.8 Å². The maximum absolute atomic E-state index is 11.2. The molecule has 4 nitrogen and oxygen atoms in total. The van der Waals surface area contributed by atoms with Gasteiger partial charge in [0.2, 0.25) is 0 Å². The van der Waals surface area contributed by atoms with Crippen molar-refractivity contribution in [2.24, 2.45) is 5.41 Å². The van der Waals surface area contributed by atoms with E-state index in [1.807, 2.05) is 0 Å². The minimum atomic E-state index is -0.367. The Morgan fingerprint density at radius 1 is 1.53 bits per heavy atom. The van der Waals surface area contributed by atoms with Gasteiger partial charge in [-0.25, -0.2) is 4.79 Å². The molecule has 0 aliphatic carbocycles. The van der Waals surface area contributed by atoms with Crippen molar-refractivity contribution < 1.29 is 13.9 Å². The third-order valence-corrected chi connectivity index (χ3v) is 2.93. The third kappa shape index (κ3) is 4.23. The average molecular weight is 239 g/mol. The van der Waals surface area contributed by atoms with Crippen LogP contribution in [0.5, 0.6) is 0 Å². The summed E-state index contributed by atoms with van der Waals surface area (Å²) in [4.78, 5) is 11.2. The lowest BCUT2D eigenvalue weighted by atomic mass is 9.90. The van der Waals surface area contributed by atoms with Gasteiger partial charge in [-0.2, -0.15) is 0 Å². The normalized spacial score (nSPS) is 11.5. The van der Waals surface area contributed by atoms with Crippen LogP contribution in [0.2, 0.25) is 0 Å². The van der Waals surface area contributed by atoms with Crippen molar-refractivity contribution in [2.45, 2.75) is 33.7 Å². The number of nitrogens with one attached hydrogen (secondary N) is 1. The molecule has 0 aromatic carbocycles. The average Bonchev–Trinajstić information content (AvgIpc) is 2.76. The molecule has 1 heterocycles. The summed E-state index contributed by atoms with van der Waals surface area (Å²) >= 11 is 0. The molecule has 0 amide bonds. The molecule has 0 bridgehead atoms. The molecular formula is C13H21NO3. The minimum Gasteiger partial charge on any atom is -0.467 e. The largest absolute Gasteiger partial charge is 0.467 e. The molecule has 0 unspecified atom stereocenters. The summed E-state index contributed by atoms with van der Waals surface area (Å²) in [6.45, 7) is 8.13. The van der Waals surface area contributed by atoms with Crippen molar-refractivity contribution in [3.63, 3.8) is 0 Å². The summed E-state index contributed by atoms with van der Waals surface area (Å²) in [5.74, 6) is 0.381. The van der Waals surface area contributed by atoms with Crippen molar-refractivity contribution in [2.75, 3.05) is 13.7 Å². The Bertz CT molecular complexity index is 368. The SMILES string of the molecule is CCC(C)(C)CNCc1cc(C(=O)OC)co1. The number of rotatable bonds is 6. The zero-order chi connectivity index (χ0) is 12.9. The van der Waals surface area contributed by atoms with E-state index in [9.17, 15) is 4.79 Å². The van der Waals surface area contributed by atoms with Crippen LogP contribution in [-0.4, -0.2) is 19.6 Å². The van der Waals surface area contributed by atoms with Crippen LogP contribution >= 0.6 is 0 Å². The van der Waals surface area contributed by atoms with E-state index in [0.29, 0.717) is 12.1 Å². The van der Waals surface area contributed by atoms with Gasteiger partial charge in [-0.1, -0.05) is 20.8 Å². The number of ether oxygens (including phenoxy) is 1. The number of esters is 1. The predicted molar refractivity (Wildman–Crippen MR) is 65.8 cm³/mol. The van der Waals surface area contributed by atoms with E-state index in [-0.39, 0.29) is 11.4 Å². The van der Waals surface area contributed by atoms with E-state index in [4.69, 9.17) is 4.42 Å². The predicted octanol–water partition coefficient (Wildman–Crippen LogP) is 2.59. The van der Waals surface area contributed by atoms with Gasteiger partial charge in [0.1, 0.15) is 12.0 Å². The maximum Gasteiger partial charge on any atom is 0.341 e. The number of hydrogen-bond donors (Lipinski definition) is 1. The minimum absolute atomic E-state index is 0.276. The number of carbonyl (C=O) groups is 1. The number of hydrogen-bond acceptors (Lipinski definition) is 4. The quantitative estimate of drug-likeness (QED) is 0.775. The van der Waals surface area contributed by atoms with Crippen LogP contribution in [-0.2, 0) is 11.3 Å². The van der Waals surface area contributed by atoms with Crippen LogP contribution in [0.25, 0.3) is 0 Å². The molecule has 0 atom stereocenters. The number of carbonyl (C=O) groups excluding carboxylic acids is 1. The van der Waals surface area contributed by atoms with Crippen molar-refractivity contribution in [3.8, 4) is 0 Å². The van der Waals surface area contributed by atoms with Gasteiger partial charge in [0.05, 0.1) is 19.2 Å². The number of methoxy groups -OCH3 is 1. The van der Waals surface area contributed by atoms with Crippen molar-refractivity contribution >= 4 is 5.97 Å². The van der Waals surface area contributed by atoms with Crippen LogP contribution in [0, 0.1) is 5.41 Å². The highest BCUT2D eigenvalue weighted by molar-refractivity contribution is 5.88. The number of furan rings is 1. The van der Waals surface area contributed by atoms with Crippen LogP contribution in [0.1, 0.15) is 43.3 Å². The molecular weight excluding hydrogens is 218 g/mol. The van der Waals surface area contributed by atoms with Crippen LogP contribution in [0.4, 0.5) is 0 Å². The first-order valence-corrected chi connectivity index (χ1v) is 5.85. The molecule has 17 heavy (non-hydrogen) atoms. The molecule has 0 saturated heterocycles. The molecule has 0 saturated carbocycles. The first kappa shape index (κ1) is 13.8. The lowest BCUT2D eigenvalue weighted by Gasteiger charge is -2.22. The van der Waals surface area contributed by atoms with Gasteiger partial charge in [-0.3, -0.25) is 0 Å². The van der Waals surface area contributed by atoms with E-state index < -0.39 is 0 Å². The highest BCUT2D eigenvalue weighted by Crippen LogP contribution is 2.18. The Kier molecular flexibility index (Phi) is 4.75.